The van der Waals surface area contributed by atoms with Gasteiger partial charge in [-0.05, 0) is 42.4 Å². The van der Waals surface area contributed by atoms with Crippen LogP contribution in [0.1, 0.15) is 23.2 Å². The van der Waals surface area contributed by atoms with Crippen molar-refractivity contribution in [1.82, 2.24) is 14.9 Å². The number of fused-ring (bicyclic) bond motifs is 3. The number of carbonyl (C=O) groups excluding carboxylic acids is 2. The maximum Gasteiger partial charge on any atom is 0.257 e. The van der Waals surface area contributed by atoms with E-state index in [4.69, 9.17) is 33.3 Å². The molecular formula is C22H21ClN4O4S. The van der Waals surface area contributed by atoms with Gasteiger partial charge >= 0.3 is 0 Å². The van der Waals surface area contributed by atoms with Crippen LogP contribution in [0.5, 0.6) is 11.5 Å². The molecule has 2 aromatic carbocycles. The zero-order valence-electron chi connectivity index (χ0n) is 17.5. The molecule has 0 radical (unpaired) electrons. The number of hydrogen-bond donors (Lipinski definition) is 2. The smallest absolute Gasteiger partial charge is 0.257 e. The number of rotatable bonds is 7. The third-order valence-electron chi connectivity index (χ3n) is 5.26. The number of nitrogens with zero attached hydrogens (tertiary/aromatic N) is 2. The van der Waals surface area contributed by atoms with Crippen LogP contribution in [0.2, 0.25) is 5.02 Å². The first kappa shape index (κ1) is 22.0. The summed E-state index contributed by atoms with van der Waals surface area (Å²) < 4.78 is 12.2. The van der Waals surface area contributed by atoms with Crippen LogP contribution in [-0.2, 0) is 11.3 Å². The van der Waals surface area contributed by atoms with E-state index < -0.39 is 6.04 Å². The molecule has 1 amide bonds. The minimum absolute atomic E-state index is 0.144. The first-order chi connectivity index (χ1) is 15.4. The molecule has 2 heterocycles. The van der Waals surface area contributed by atoms with E-state index in [2.05, 4.69) is 15.6 Å². The van der Waals surface area contributed by atoms with E-state index in [1.165, 1.54) is 18.8 Å². The largest absolute Gasteiger partial charge is 0.493 e. The van der Waals surface area contributed by atoms with Crippen molar-refractivity contribution in [3.8, 4) is 11.5 Å². The molecule has 32 heavy (non-hydrogen) atoms. The lowest BCUT2D eigenvalue weighted by atomic mass is 10.1. The molecule has 10 heteroatoms. The minimum atomic E-state index is -0.589. The molecule has 1 aromatic heterocycles. The Labute approximate surface area is 194 Å². The zero-order chi connectivity index (χ0) is 22.8. The summed E-state index contributed by atoms with van der Waals surface area (Å²) in [6.45, 7) is 0.368. The third kappa shape index (κ3) is 4.26. The van der Waals surface area contributed by atoms with Gasteiger partial charge < -0.3 is 20.1 Å². The summed E-state index contributed by atoms with van der Waals surface area (Å²) in [4.78, 5) is 29.7. The molecule has 4 rings (SSSR count). The Morgan fingerprint density at radius 2 is 2.00 bits per heavy atom. The van der Waals surface area contributed by atoms with Gasteiger partial charge in [-0.25, -0.2) is 9.55 Å². The lowest BCUT2D eigenvalue weighted by molar-refractivity contribution is -0.121. The summed E-state index contributed by atoms with van der Waals surface area (Å²) in [5.41, 5.74) is 1.49. The monoisotopic (exact) mass is 472 g/mol. The highest BCUT2D eigenvalue weighted by molar-refractivity contribution is 7.71. The number of amides is 1. The molecule has 0 spiro atoms. The van der Waals surface area contributed by atoms with E-state index in [0.717, 1.165) is 5.56 Å². The lowest BCUT2D eigenvalue weighted by Crippen LogP contribution is -2.29. The van der Waals surface area contributed by atoms with Crippen LogP contribution in [-0.4, -0.2) is 41.6 Å². The normalized spacial score (nSPS) is 14.7. The van der Waals surface area contributed by atoms with Crippen molar-refractivity contribution in [1.29, 1.82) is 0 Å². The minimum Gasteiger partial charge on any atom is -0.493 e. The molecular weight excluding hydrogens is 452 g/mol. The average Bonchev–Trinajstić information content (AvgIpc) is 3.12. The van der Waals surface area contributed by atoms with Crippen LogP contribution >= 0.6 is 23.8 Å². The van der Waals surface area contributed by atoms with Gasteiger partial charge in [0.2, 0.25) is 10.7 Å². The summed E-state index contributed by atoms with van der Waals surface area (Å²) in [5.74, 6) is 1.17. The Kier molecular flexibility index (Phi) is 6.29. The van der Waals surface area contributed by atoms with Crippen molar-refractivity contribution in [2.75, 3.05) is 19.5 Å². The molecule has 1 aliphatic rings. The SMILES string of the molecule is COc1cc2nc(=S)n3c(c2cc1OC)N[C@H](CCC(=O)NCc1cccc(Cl)c1)C3=O. The van der Waals surface area contributed by atoms with Gasteiger partial charge in [0, 0.05) is 29.4 Å². The average molecular weight is 473 g/mol. The standard InChI is InChI=1S/C22H21ClN4O4S/c1-30-17-9-14-16(10-18(17)31-2)26-22(32)27-20(14)25-15(21(27)29)6-7-19(28)24-11-12-4-3-5-13(23)8-12/h3-5,8-10,15,25H,6-7,11H2,1-2H3,(H,24,28)/t15-/m1/s1. The van der Waals surface area contributed by atoms with Crippen molar-refractivity contribution in [2.45, 2.75) is 25.4 Å². The van der Waals surface area contributed by atoms with Gasteiger partial charge in [0.1, 0.15) is 11.9 Å². The molecule has 166 valence electrons. The second kappa shape index (κ2) is 9.13. The lowest BCUT2D eigenvalue weighted by Gasteiger charge is -2.12. The predicted molar refractivity (Wildman–Crippen MR) is 124 cm³/mol. The fourth-order valence-electron chi connectivity index (χ4n) is 3.66. The van der Waals surface area contributed by atoms with Crippen LogP contribution in [0.15, 0.2) is 36.4 Å². The molecule has 0 aliphatic carbocycles. The maximum absolute atomic E-state index is 13.0. The van der Waals surface area contributed by atoms with Gasteiger partial charge in [-0.3, -0.25) is 9.59 Å². The molecule has 1 atom stereocenters. The first-order valence-electron chi connectivity index (χ1n) is 9.92. The van der Waals surface area contributed by atoms with Gasteiger partial charge in [-0.2, -0.15) is 0 Å². The summed E-state index contributed by atoms with van der Waals surface area (Å²) in [6.07, 6.45) is 0.485. The van der Waals surface area contributed by atoms with Crippen LogP contribution in [0.3, 0.4) is 0 Å². The van der Waals surface area contributed by atoms with Gasteiger partial charge in [-0.1, -0.05) is 23.7 Å². The van der Waals surface area contributed by atoms with Crippen molar-refractivity contribution < 1.29 is 19.1 Å². The van der Waals surface area contributed by atoms with E-state index in [0.29, 0.717) is 46.2 Å². The maximum atomic E-state index is 13.0. The van der Waals surface area contributed by atoms with E-state index in [9.17, 15) is 9.59 Å². The molecule has 0 unspecified atom stereocenters. The van der Waals surface area contributed by atoms with Crippen molar-refractivity contribution in [3.63, 3.8) is 0 Å². The predicted octanol–water partition coefficient (Wildman–Crippen LogP) is 3.97. The summed E-state index contributed by atoms with van der Waals surface area (Å²) >= 11 is 11.3. The molecule has 0 fully saturated rings. The van der Waals surface area contributed by atoms with E-state index in [1.807, 2.05) is 12.1 Å². The van der Waals surface area contributed by atoms with E-state index in [-0.39, 0.29) is 23.0 Å². The molecule has 8 nitrogen and oxygen atoms in total. The molecule has 1 aliphatic heterocycles. The number of ether oxygens (including phenoxy) is 2. The highest BCUT2D eigenvalue weighted by atomic mass is 35.5. The molecule has 0 saturated carbocycles. The topological polar surface area (TPSA) is 94.5 Å². The van der Waals surface area contributed by atoms with Crippen LogP contribution in [0, 0.1) is 4.77 Å². The van der Waals surface area contributed by atoms with Gasteiger partial charge in [-0.15, -0.1) is 0 Å². The van der Waals surface area contributed by atoms with Crippen molar-refractivity contribution in [2.24, 2.45) is 0 Å². The Bertz CT molecular complexity index is 1280. The quantitative estimate of drug-likeness (QED) is 0.502. The summed E-state index contributed by atoms with van der Waals surface area (Å²) in [6, 6.07) is 10.2. The van der Waals surface area contributed by atoms with Crippen LogP contribution in [0.4, 0.5) is 5.82 Å². The molecule has 3 aromatic rings. The number of halogens is 1. The number of methoxy groups -OCH3 is 2. The second-order valence-corrected chi connectivity index (χ2v) is 8.08. The fourth-order valence-corrected chi connectivity index (χ4v) is 4.15. The molecule has 0 saturated heterocycles. The zero-order valence-corrected chi connectivity index (χ0v) is 19.0. The Balaban J connectivity index is 1.48. The third-order valence-corrected chi connectivity index (χ3v) is 5.77. The molecule has 0 bridgehead atoms. The van der Waals surface area contributed by atoms with Crippen molar-refractivity contribution in [3.05, 3.63) is 51.8 Å². The summed E-state index contributed by atoms with van der Waals surface area (Å²) in [5, 5.41) is 7.35. The number of nitrogens with one attached hydrogen (secondary N) is 2. The van der Waals surface area contributed by atoms with Crippen LogP contribution in [0.25, 0.3) is 10.9 Å². The number of aromatic nitrogens is 2. The van der Waals surface area contributed by atoms with Gasteiger partial charge in [0.15, 0.2) is 11.5 Å². The number of benzene rings is 2. The fraction of sp³-hybridized carbons (Fsp3) is 0.273. The van der Waals surface area contributed by atoms with Crippen molar-refractivity contribution >= 4 is 52.4 Å². The van der Waals surface area contributed by atoms with Gasteiger partial charge in [0.25, 0.3) is 5.91 Å². The Morgan fingerprint density at radius 1 is 1.25 bits per heavy atom. The second-order valence-electron chi connectivity index (χ2n) is 7.28. The highest BCUT2D eigenvalue weighted by Crippen LogP contribution is 2.36. The van der Waals surface area contributed by atoms with E-state index >= 15 is 0 Å². The number of carbonyl (C=O) groups is 2. The summed E-state index contributed by atoms with van der Waals surface area (Å²) in [7, 11) is 3.07. The Morgan fingerprint density at radius 3 is 2.72 bits per heavy atom. The number of hydrogen-bond acceptors (Lipinski definition) is 7. The van der Waals surface area contributed by atoms with E-state index in [1.54, 1.807) is 24.3 Å². The van der Waals surface area contributed by atoms with Crippen LogP contribution < -0.4 is 20.1 Å². The van der Waals surface area contributed by atoms with Gasteiger partial charge in [0.05, 0.1) is 19.7 Å². The number of anilines is 1. The first-order valence-corrected chi connectivity index (χ1v) is 10.7. The highest BCUT2D eigenvalue weighted by Gasteiger charge is 2.32. The molecule has 2 N–H and O–H groups in total. The Hall–Kier alpha value is -3.17.